The average Bonchev–Trinajstić information content (AvgIpc) is 2.98. The van der Waals surface area contributed by atoms with Crippen molar-refractivity contribution in [1.29, 1.82) is 0 Å². The van der Waals surface area contributed by atoms with Crippen LogP contribution in [0, 0.1) is 6.92 Å². The lowest BCUT2D eigenvalue weighted by Crippen LogP contribution is -2.25. The highest BCUT2D eigenvalue weighted by atomic mass is 32.2. The summed E-state index contributed by atoms with van der Waals surface area (Å²) in [5.74, 6) is 0.112. The fraction of sp³-hybridized carbons (Fsp3) is 0.133. The van der Waals surface area contributed by atoms with Gasteiger partial charge in [0.15, 0.2) is 11.5 Å². The van der Waals surface area contributed by atoms with Gasteiger partial charge in [0.2, 0.25) is 0 Å². The summed E-state index contributed by atoms with van der Waals surface area (Å²) in [4.78, 5) is 20.2. The minimum atomic E-state index is -3.80. The highest BCUT2D eigenvalue weighted by Gasteiger charge is 2.21. The third kappa shape index (κ3) is 2.58. The van der Waals surface area contributed by atoms with E-state index in [0.717, 1.165) is 14.4 Å². The lowest BCUT2D eigenvalue weighted by atomic mass is 10.2. The van der Waals surface area contributed by atoms with Crippen LogP contribution >= 0.6 is 0 Å². The van der Waals surface area contributed by atoms with E-state index >= 15 is 0 Å². The summed E-state index contributed by atoms with van der Waals surface area (Å²) in [5, 5.41) is 8.97. The zero-order valence-electron chi connectivity index (χ0n) is 12.9. The lowest BCUT2D eigenvalue weighted by Gasteiger charge is -2.11. The quantitative estimate of drug-likeness (QED) is 0.778. The van der Waals surface area contributed by atoms with Crippen LogP contribution in [0.1, 0.15) is 5.56 Å². The van der Waals surface area contributed by atoms with E-state index < -0.39 is 16.1 Å². The molecule has 1 amide bonds. The first-order chi connectivity index (χ1) is 11.3. The van der Waals surface area contributed by atoms with Gasteiger partial charge >= 0.3 is 6.09 Å². The first kappa shape index (κ1) is 15.9. The van der Waals surface area contributed by atoms with Crippen LogP contribution in [-0.4, -0.2) is 40.6 Å². The van der Waals surface area contributed by atoms with Crippen LogP contribution in [-0.2, 0) is 10.0 Å². The molecule has 0 fully saturated rings. The maximum Gasteiger partial charge on any atom is 0.412 e. The SMILES string of the molecule is Cc1ccc(S(=O)(=O)n2ccc3nc(N(C)C(=O)O)cnc32)cc1. The molecular formula is C15H14N4O4S. The molecule has 8 nitrogen and oxygen atoms in total. The molecule has 2 heterocycles. The minimum Gasteiger partial charge on any atom is -0.465 e. The van der Waals surface area contributed by atoms with Crippen molar-refractivity contribution >= 4 is 33.1 Å². The van der Waals surface area contributed by atoms with E-state index in [1.165, 1.54) is 37.6 Å². The lowest BCUT2D eigenvalue weighted by molar-refractivity contribution is 0.203. The van der Waals surface area contributed by atoms with Crippen molar-refractivity contribution in [2.75, 3.05) is 11.9 Å². The number of benzene rings is 1. The molecule has 3 aromatic rings. The molecule has 0 unspecified atom stereocenters. The van der Waals surface area contributed by atoms with Crippen molar-refractivity contribution in [1.82, 2.24) is 13.9 Å². The normalized spacial score (nSPS) is 11.6. The second kappa shape index (κ2) is 5.60. The Labute approximate surface area is 138 Å². The number of fused-ring (bicyclic) bond motifs is 1. The van der Waals surface area contributed by atoms with Gasteiger partial charge in [-0.2, -0.15) is 0 Å². The minimum absolute atomic E-state index is 0.112. The van der Waals surface area contributed by atoms with Gasteiger partial charge in [0.05, 0.1) is 11.1 Å². The number of aromatic nitrogens is 3. The summed E-state index contributed by atoms with van der Waals surface area (Å²) in [6, 6.07) is 7.95. The first-order valence-electron chi connectivity index (χ1n) is 6.94. The predicted molar refractivity (Wildman–Crippen MR) is 87.7 cm³/mol. The zero-order valence-corrected chi connectivity index (χ0v) is 13.7. The number of hydrogen-bond acceptors (Lipinski definition) is 5. The fourth-order valence-corrected chi connectivity index (χ4v) is 3.45. The first-order valence-corrected chi connectivity index (χ1v) is 8.38. The van der Waals surface area contributed by atoms with Gasteiger partial charge in [-0.25, -0.2) is 27.2 Å². The van der Waals surface area contributed by atoms with Crippen LogP contribution in [0.15, 0.2) is 47.6 Å². The summed E-state index contributed by atoms with van der Waals surface area (Å²) in [7, 11) is -2.47. The maximum absolute atomic E-state index is 12.7. The largest absolute Gasteiger partial charge is 0.465 e. The molecular weight excluding hydrogens is 332 g/mol. The number of carboxylic acid groups (broad SMARTS) is 1. The van der Waals surface area contributed by atoms with Crippen LogP contribution in [0.5, 0.6) is 0 Å². The molecule has 0 saturated carbocycles. The maximum atomic E-state index is 12.7. The third-order valence-electron chi connectivity index (χ3n) is 3.55. The Morgan fingerprint density at radius 1 is 1.21 bits per heavy atom. The molecule has 0 spiro atoms. The standard InChI is InChI=1S/C15H14N4O4S/c1-10-3-5-11(6-4-10)24(22,23)19-8-7-12-14(19)16-9-13(17-12)18(2)15(20)21/h3-9H,1-2H3,(H,20,21). The van der Waals surface area contributed by atoms with Crippen LogP contribution in [0.2, 0.25) is 0 Å². The van der Waals surface area contributed by atoms with Gasteiger partial charge in [-0.15, -0.1) is 0 Å². The van der Waals surface area contributed by atoms with Crippen molar-refractivity contribution in [3.05, 3.63) is 48.3 Å². The van der Waals surface area contributed by atoms with Crippen LogP contribution < -0.4 is 4.90 Å². The van der Waals surface area contributed by atoms with Gasteiger partial charge in [0.25, 0.3) is 10.0 Å². The summed E-state index contributed by atoms with van der Waals surface area (Å²) in [6.45, 7) is 1.87. The zero-order chi connectivity index (χ0) is 17.5. The van der Waals surface area contributed by atoms with E-state index in [9.17, 15) is 13.2 Å². The van der Waals surface area contributed by atoms with E-state index in [1.807, 2.05) is 6.92 Å². The number of anilines is 1. The predicted octanol–water partition coefficient (Wildman–Crippen LogP) is 2.09. The van der Waals surface area contributed by atoms with Crippen molar-refractivity contribution in [3.8, 4) is 0 Å². The summed E-state index contributed by atoms with van der Waals surface area (Å²) in [6.07, 6.45) is 1.39. The van der Waals surface area contributed by atoms with E-state index in [-0.39, 0.29) is 21.9 Å². The molecule has 0 saturated heterocycles. The van der Waals surface area contributed by atoms with Crippen LogP contribution in [0.3, 0.4) is 0 Å². The topological polar surface area (TPSA) is 105 Å². The number of hydrogen-bond donors (Lipinski definition) is 1. The fourth-order valence-electron chi connectivity index (χ4n) is 2.16. The Balaban J connectivity index is 2.11. The second-order valence-electron chi connectivity index (χ2n) is 5.21. The molecule has 0 atom stereocenters. The molecule has 2 aromatic heterocycles. The van der Waals surface area contributed by atoms with Crippen molar-refractivity contribution in [3.63, 3.8) is 0 Å². The molecule has 0 bridgehead atoms. The molecule has 1 aromatic carbocycles. The Morgan fingerprint density at radius 2 is 1.88 bits per heavy atom. The molecule has 1 N–H and O–H groups in total. The summed E-state index contributed by atoms with van der Waals surface area (Å²) < 4.78 is 26.5. The van der Waals surface area contributed by atoms with E-state index in [4.69, 9.17) is 5.11 Å². The molecule has 3 rings (SSSR count). The Bertz CT molecular complexity index is 1030. The van der Waals surface area contributed by atoms with E-state index in [1.54, 1.807) is 12.1 Å². The number of amides is 1. The Hall–Kier alpha value is -2.94. The van der Waals surface area contributed by atoms with Gasteiger partial charge in [0.1, 0.15) is 5.52 Å². The number of nitrogens with zero attached hydrogens (tertiary/aromatic N) is 4. The van der Waals surface area contributed by atoms with Crippen LogP contribution in [0.25, 0.3) is 11.2 Å². The molecule has 24 heavy (non-hydrogen) atoms. The average molecular weight is 346 g/mol. The molecule has 124 valence electrons. The Kier molecular flexibility index (Phi) is 3.72. The number of rotatable bonds is 3. The van der Waals surface area contributed by atoms with Crippen molar-refractivity contribution in [2.24, 2.45) is 0 Å². The van der Waals surface area contributed by atoms with Crippen molar-refractivity contribution in [2.45, 2.75) is 11.8 Å². The van der Waals surface area contributed by atoms with Crippen molar-refractivity contribution < 1.29 is 18.3 Å². The monoisotopic (exact) mass is 346 g/mol. The van der Waals surface area contributed by atoms with E-state index in [2.05, 4.69) is 9.97 Å². The van der Waals surface area contributed by atoms with Gasteiger partial charge in [-0.1, -0.05) is 17.7 Å². The molecule has 0 aliphatic heterocycles. The van der Waals surface area contributed by atoms with Gasteiger partial charge in [-0.3, -0.25) is 4.90 Å². The van der Waals surface area contributed by atoms with E-state index in [0.29, 0.717) is 0 Å². The highest BCUT2D eigenvalue weighted by Crippen LogP contribution is 2.21. The molecule has 0 aliphatic carbocycles. The molecule has 0 aliphatic rings. The second-order valence-corrected chi connectivity index (χ2v) is 7.02. The van der Waals surface area contributed by atoms with Gasteiger partial charge < -0.3 is 5.11 Å². The highest BCUT2D eigenvalue weighted by molar-refractivity contribution is 7.90. The molecule has 0 radical (unpaired) electrons. The Morgan fingerprint density at radius 3 is 2.50 bits per heavy atom. The van der Waals surface area contributed by atoms with Crippen LogP contribution in [0.4, 0.5) is 10.6 Å². The third-order valence-corrected chi connectivity index (χ3v) is 5.23. The number of aryl methyl sites for hydroxylation is 1. The summed E-state index contributed by atoms with van der Waals surface area (Å²) in [5.41, 5.74) is 1.38. The smallest absolute Gasteiger partial charge is 0.412 e. The number of carbonyl (C=O) groups is 1. The summed E-state index contributed by atoms with van der Waals surface area (Å²) >= 11 is 0. The van der Waals surface area contributed by atoms with Gasteiger partial charge in [-0.05, 0) is 25.1 Å². The molecule has 9 heteroatoms. The van der Waals surface area contributed by atoms with Gasteiger partial charge in [0, 0.05) is 13.2 Å².